The van der Waals surface area contributed by atoms with Gasteiger partial charge in [-0.1, -0.05) is 12.1 Å². The van der Waals surface area contributed by atoms with Crippen molar-refractivity contribution in [2.24, 2.45) is 0 Å². The van der Waals surface area contributed by atoms with Gasteiger partial charge in [-0.2, -0.15) is 0 Å². The molecule has 0 bridgehead atoms. The summed E-state index contributed by atoms with van der Waals surface area (Å²) in [6.07, 6.45) is 2.96. The number of hydrogen-bond donors (Lipinski definition) is 2. The van der Waals surface area contributed by atoms with Gasteiger partial charge in [-0.3, -0.25) is 4.79 Å². The summed E-state index contributed by atoms with van der Waals surface area (Å²) in [5, 5.41) is 8.79. The van der Waals surface area contributed by atoms with E-state index in [2.05, 4.69) is 0 Å². The molecule has 0 spiro atoms. The largest absolute Gasteiger partial charge is 0.480 e. The highest BCUT2D eigenvalue weighted by Gasteiger charge is 2.19. The molecule has 0 aliphatic carbocycles. The van der Waals surface area contributed by atoms with Gasteiger partial charge < -0.3 is 15.7 Å². The standard InChI is InChI=1S/C13H16N2O3/c1-9(13(17)18)15(2)12(16)8-5-10-3-6-11(14)7-4-10/h3-9H,14H2,1-2H3,(H,17,18)/b8-5+. The van der Waals surface area contributed by atoms with E-state index in [1.54, 1.807) is 30.3 Å². The number of benzene rings is 1. The van der Waals surface area contributed by atoms with Crippen LogP contribution in [-0.4, -0.2) is 35.0 Å². The molecule has 1 atom stereocenters. The molecule has 5 nitrogen and oxygen atoms in total. The number of likely N-dealkylation sites (N-methyl/N-ethyl adjacent to an activating group) is 1. The van der Waals surface area contributed by atoms with E-state index in [1.165, 1.54) is 20.0 Å². The lowest BCUT2D eigenvalue weighted by atomic mass is 10.2. The fraction of sp³-hybridized carbons (Fsp3) is 0.231. The van der Waals surface area contributed by atoms with E-state index < -0.39 is 12.0 Å². The van der Waals surface area contributed by atoms with Crippen molar-refractivity contribution in [3.8, 4) is 0 Å². The molecule has 0 radical (unpaired) electrons. The molecule has 5 heteroatoms. The van der Waals surface area contributed by atoms with Crippen LogP contribution < -0.4 is 5.73 Å². The van der Waals surface area contributed by atoms with Crippen molar-refractivity contribution in [1.29, 1.82) is 0 Å². The highest BCUT2D eigenvalue weighted by molar-refractivity contribution is 5.94. The Bertz CT molecular complexity index is 466. The summed E-state index contributed by atoms with van der Waals surface area (Å²) in [6, 6.07) is 6.16. The van der Waals surface area contributed by atoms with Gasteiger partial charge in [0.1, 0.15) is 6.04 Å². The van der Waals surface area contributed by atoms with Crippen LogP contribution in [0.25, 0.3) is 6.08 Å². The Morgan fingerprint density at radius 2 is 1.89 bits per heavy atom. The molecule has 1 aromatic rings. The third-order valence-electron chi connectivity index (χ3n) is 2.64. The minimum atomic E-state index is -1.04. The third kappa shape index (κ3) is 3.62. The number of hydrogen-bond acceptors (Lipinski definition) is 3. The molecular formula is C13H16N2O3. The number of carbonyl (C=O) groups is 2. The molecule has 1 rings (SSSR count). The number of nitrogens with two attached hydrogens (primary N) is 1. The van der Waals surface area contributed by atoms with Gasteiger partial charge in [0.2, 0.25) is 5.91 Å². The lowest BCUT2D eigenvalue weighted by Gasteiger charge is -2.19. The molecule has 1 amide bonds. The Morgan fingerprint density at radius 1 is 1.33 bits per heavy atom. The van der Waals surface area contributed by atoms with E-state index in [4.69, 9.17) is 10.8 Å². The van der Waals surface area contributed by atoms with Crippen molar-refractivity contribution in [2.45, 2.75) is 13.0 Å². The minimum absolute atomic E-state index is 0.360. The average molecular weight is 248 g/mol. The zero-order valence-electron chi connectivity index (χ0n) is 10.3. The zero-order chi connectivity index (χ0) is 13.7. The van der Waals surface area contributed by atoms with Gasteiger partial charge in [-0.15, -0.1) is 0 Å². The summed E-state index contributed by atoms with van der Waals surface area (Å²) < 4.78 is 0. The first kappa shape index (κ1) is 13.8. The first-order valence-electron chi connectivity index (χ1n) is 5.45. The van der Waals surface area contributed by atoms with E-state index in [1.807, 2.05) is 0 Å². The highest BCUT2D eigenvalue weighted by Crippen LogP contribution is 2.07. The van der Waals surface area contributed by atoms with Crippen LogP contribution >= 0.6 is 0 Å². The molecule has 0 fully saturated rings. The molecule has 3 N–H and O–H groups in total. The van der Waals surface area contributed by atoms with Gasteiger partial charge in [0, 0.05) is 18.8 Å². The number of amides is 1. The average Bonchev–Trinajstić information content (AvgIpc) is 2.35. The van der Waals surface area contributed by atoms with Crippen LogP contribution in [0, 0.1) is 0 Å². The molecule has 1 aromatic carbocycles. The summed E-state index contributed by atoms with van der Waals surface area (Å²) in [4.78, 5) is 23.6. The van der Waals surface area contributed by atoms with E-state index in [-0.39, 0.29) is 5.91 Å². The van der Waals surface area contributed by atoms with Crippen LogP contribution in [-0.2, 0) is 9.59 Å². The Kier molecular flexibility index (Phi) is 4.48. The summed E-state index contributed by atoms with van der Waals surface area (Å²) in [6.45, 7) is 1.46. The van der Waals surface area contributed by atoms with Crippen molar-refractivity contribution < 1.29 is 14.7 Å². The molecule has 0 heterocycles. The zero-order valence-corrected chi connectivity index (χ0v) is 10.3. The Morgan fingerprint density at radius 3 is 2.39 bits per heavy atom. The summed E-state index contributed by atoms with van der Waals surface area (Å²) in [5.41, 5.74) is 7.02. The lowest BCUT2D eigenvalue weighted by molar-refractivity contribution is -0.146. The fourth-order valence-corrected chi connectivity index (χ4v) is 1.25. The second-order valence-corrected chi connectivity index (χ2v) is 3.96. The van der Waals surface area contributed by atoms with Crippen molar-refractivity contribution in [3.05, 3.63) is 35.9 Å². The number of carbonyl (C=O) groups excluding carboxylic acids is 1. The van der Waals surface area contributed by atoms with Crippen molar-refractivity contribution in [3.63, 3.8) is 0 Å². The first-order valence-corrected chi connectivity index (χ1v) is 5.45. The van der Waals surface area contributed by atoms with E-state index >= 15 is 0 Å². The second-order valence-electron chi connectivity index (χ2n) is 3.96. The van der Waals surface area contributed by atoms with Crippen LogP contribution in [0.3, 0.4) is 0 Å². The van der Waals surface area contributed by atoms with Gasteiger partial charge >= 0.3 is 5.97 Å². The maximum Gasteiger partial charge on any atom is 0.326 e. The maximum atomic E-state index is 11.7. The van der Waals surface area contributed by atoms with Crippen LogP contribution in [0.15, 0.2) is 30.3 Å². The summed E-state index contributed by atoms with van der Waals surface area (Å²) >= 11 is 0. The smallest absolute Gasteiger partial charge is 0.326 e. The Labute approximate surface area is 106 Å². The molecule has 0 saturated heterocycles. The van der Waals surface area contributed by atoms with E-state index in [9.17, 15) is 9.59 Å². The molecule has 1 unspecified atom stereocenters. The van der Waals surface area contributed by atoms with Crippen molar-refractivity contribution >= 4 is 23.6 Å². The van der Waals surface area contributed by atoms with Gasteiger partial charge in [0.05, 0.1) is 0 Å². The Balaban J connectivity index is 2.69. The molecule has 96 valence electrons. The highest BCUT2D eigenvalue weighted by atomic mass is 16.4. The topological polar surface area (TPSA) is 83.6 Å². The number of aliphatic carboxylic acids is 1. The fourth-order valence-electron chi connectivity index (χ4n) is 1.25. The van der Waals surface area contributed by atoms with Crippen LogP contribution in [0.5, 0.6) is 0 Å². The molecule has 0 aliphatic rings. The Hall–Kier alpha value is -2.30. The number of anilines is 1. The molecule has 0 aliphatic heterocycles. The first-order chi connectivity index (χ1) is 8.41. The lowest BCUT2D eigenvalue weighted by Crippen LogP contribution is -2.39. The number of nitrogens with zero attached hydrogens (tertiary/aromatic N) is 1. The van der Waals surface area contributed by atoms with Gasteiger partial charge in [-0.25, -0.2) is 4.79 Å². The second kappa shape index (κ2) is 5.86. The predicted molar refractivity (Wildman–Crippen MR) is 69.8 cm³/mol. The number of carboxylic acid groups (broad SMARTS) is 1. The normalized spacial score (nSPS) is 12.3. The molecule has 0 aromatic heterocycles. The van der Waals surface area contributed by atoms with Crippen LogP contribution in [0.2, 0.25) is 0 Å². The minimum Gasteiger partial charge on any atom is -0.480 e. The predicted octanol–water partition coefficient (Wildman–Crippen LogP) is 1.21. The van der Waals surface area contributed by atoms with Crippen LogP contribution in [0.1, 0.15) is 12.5 Å². The van der Waals surface area contributed by atoms with E-state index in [0.29, 0.717) is 5.69 Å². The van der Waals surface area contributed by atoms with Crippen LogP contribution in [0.4, 0.5) is 5.69 Å². The number of nitrogen functional groups attached to an aromatic ring is 1. The number of carboxylic acids is 1. The molecular weight excluding hydrogens is 232 g/mol. The van der Waals surface area contributed by atoms with Gasteiger partial charge in [0.25, 0.3) is 0 Å². The van der Waals surface area contributed by atoms with Gasteiger partial charge in [0.15, 0.2) is 0 Å². The summed E-state index contributed by atoms with van der Waals surface area (Å²) in [5.74, 6) is -1.39. The monoisotopic (exact) mass is 248 g/mol. The third-order valence-corrected chi connectivity index (χ3v) is 2.64. The molecule has 0 saturated carbocycles. The van der Waals surface area contributed by atoms with E-state index in [0.717, 1.165) is 10.5 Å². The molecule has 18 heavy (non-hydrogen) atoms. The quantitative estimate of drug-likeness (QED) is 0.619. The van der Waals surface area contributed by atoms with Crippen molar-refractivity contribution in [1.82, 2.24) is 4.90 Å². The summed E-state index contributed by atoms with van der Waals surface area (Å²) in [7, 11) is 1.45. The van der Waals surface area contributed by atoms with Crippen molar-refractivity contribution in [2.75, 3.05) is 12.8 Å². The SMILES string of the molecule is CC(C(=O)O)N(C)C(=O)/C=C/c1ccc(N)cc1. The number of rotatable bonds is 4. The maximum absolute atomic E-state index is 11.7. The van der Waals surface area contributed by atoms with Gasteiger partial charge in [-0.05, 0) is 30.7 Å².